The molecule has 1 aliphatic carbocycles. The molecule has 1 aromatic rings. The van der Waals surface area contributed by atoms with Crippen molar-refractivity contribution in [2.75, 3.05) is 25.1 Å². The van der Waals surface area contributed by atoms with Crippen LogP contribution in [0.4, 0.5) is 5.69 Å². The Balaban J connectivity index is 1.55. The van der Waals surface area contributed by atoms with Gasteiger partial charge in [-0.3, -0.25) is 9.59 Å². The first kappa shape index (κ1) is 17.5. The van der Waals surface area contributed by atoms with E-state index in [0.29, 0.717) is 31.7 Å². The Kier molecular flexibility index (Phi) is 5.74. The number of benzene rings is 1. The lowest BCUT2D eigenvalue weighted by atomic mass is 9.97. The molecule has 0 spiro atoms. The average molecular weight is 342 g/mol. The van der Waals surface area contributed by atoms with Crippen LogP contribution in [0.5, 0.6) is 5.75 Å². The molecular formula is C20H26N2O3. The molecule has 3 rings (SSSR count). The van der Waals surface area contributed by atoms with Crippen LogP contribution in [-0.2, 0) is 16.0 Å². The zero-order valence-corrected chi connectivity index (χ0v) is 14.8. The molecule has 1 aliphatic heterocycles. The minimum Gasteiger partial charge on any atom is -0.491 e. The smallest absolute Gasteiger partial charge is 0.230 e. The van der Waals surface area contributed by atoms with Gasteiger partial charge < -0.3 is 15.0 Å². The van der Waals surface area contributed by atoms with Crippen LogP contribution in [0.3, 0.4) is 0 Å². The number of nitrogens with zero attached hydrogens (tertiary/aromatic N) is 1. The highest BCUT2D eigenvalue weighted by Gasteiger charge is 2.20. The van der Waals surface area contributed by atoms with Gasteiger partial charge in [-0.25, -0.2) is 0 Å². The van der Waals surface area contributed by atoms with Gasteiger partial charge in [0.25, 0.3) is 0 Å². The van der Waals surface area contributed by atoms with Crippen molar-refractivity contribution in [3.63, 3.8) is 0 Å². The topological polar surface area (TPSA) is 58.6 Å². The number of amides is 2. The van der Waals surface area contributed by atoms with Crippen molar-refractivity contribution >= 4 is 17.5 Å². The van der Waals surface area contributed by atoms with Gasteiger partial charge in [0.1, 0.15) is 5.75 Å². The monoisotopic (exact) mass is 342 g/mol. The zero-order valence-electron chi connectivity index (χ0n) is 14.8. The summed E-state index contributed by atoms with van der Waals surface area (Å²) < 4.78 is 5.61. The number of allylic oxidation sites excluding steroid dienone is 1. The number of anilines is 1. The van der Waals surface area contributed by atoms with E-state index in [4.69, 9.17) is 4.74 Å². The van der Waals surface area contributed by atoms with Crippen molar-refractivity contribution in [1.82, 2.24) is 5.32 Å². The Morgan fingerprint density at radius 3 is 2.96 bits per heavy atom. The first-order valence-corrected chi connectivity index (χ1v) is 9.10. The van der Waals surface area contributed by atoms with Gasteiger partial charge in [0.15, 0.2) is 0 Å². The number of fused-ring (bicyclic) bond motifs is 1. The van der Waals surface area contributed by atoms with Gasteiger partial charge in [-0.15, -0.1) is 0 Å². The van der Waals surface area contributed by atoms with E-state index in [1.54, 1.807) is 11.9 Å². The molecule has 1 heterocycles. The number of hydrogen-bond acceptors (Lipinski definition) is 3. The fraction of sp³-hybridized carbons (Fsp3) is 0.500. The Bertz CT molecular complexity index is 682. The van der Waals surface area contributed by atoms with Crippen molar-refractivity contribution in [2.45, 2.75) is 44.9 Å². The second kappa shape index (κ2) is 8.19. The maximum absolute atomic E-state index is 12.2. The van der Waals surface area contributed by atoms with E-state index in [9.17, 15) is 9.59 Å². The van der Waals surface area contributed by atoms with Crippen LogP contribution in [0, 0.1) is 0 Å². The summed E-state index contributed by atoms with van der Waals surface area (Å²) in [5.41, 5.74) is 3.09. The predicted octanol–water partition coefficient (Wildman–Crippen LogP) is 2.98. The summed E-state index contributed by atoms with van der Waals surface area (Å²) in [6.07, 6.45) is 8.84. The second-order valence-corrected chi connectivity index (χ2v) is 6.74. The molecule has 25 heavy (non-hydrogen) atoms. The highest BCUT2D eigenvalue weighted by Crippen LogP contribution is 2.31. The zero-order chi connectivity index (χ0) is 17.6. The van der Waals surface area contributed by atoms with Crippen LogP contribution in [-0.4, -0.2) is 32.0 Å². The number of carbonyl (C=O) groups is 2. The quantitative estimate of drug-likeness (QED) is 0.837. The van der Waals surface area contributed by atoms with Crippen LogP contribution in [0.2, 0.25) is 0 Å². The third-order valence-corrected chi connectivity index (χ3v) is 4.85. The maximum atomic E-state index is 12.2. The minimum absolute atomic E-state index is 0.0138. The van der Waals surface area contributed by atoms with Gasteiger partial charge >= 0.3 is 0 Å². The van der Waals surface area contributed by atoms with Crippen molar-refractivity contribution < 1.29 is 14.3 Å². The molecule has 1 aromatic carbocycles. The molecular weight excluding hydrogens is 316 g/mol. The molecule has 134 valence electrons. The molecule has 0 aromatic heterocycles. The fourth-order valence-electron chi connectivity index (χ4n) is 3.35. The molecule has 2 aliphatic rings. The lowest BCUT2D eigenvalue weighted by Gasteiger charge is -2.17. The van der Waals surface area contributed by atoms with E-state index in [1.807, 2.05) is 18.2 Å². The minimum atomic E-state index is 0.0138. The summed E-state index contributed by atoms with van der Waals surface area (Å²) in [5, 5.41) is 3.00. The van der Waals surface area contributed by atoms with E-state index in [2.05, 4.69) is 11.4 Å². The Hall–Kier alpha value is -2.30. The number of hydrogen-bond donors (Lipinski definition) is 1. The van der Waals surface area contributed by atoms with Crippen LogP contribution in [0.25, 0.3) is 0 Å². The lowest BCUT2D eigenvalue weighted by molar-refractivity contribution is -0.120. The predicted molar refractivity (Wildman–Crippen MR) is 97.8 cm³/mol. The summed E-state index contributed by atoms with van der Waals surface area (Å²) in [7, 11) is 1.75. The molecule has 0 bridgehead atoms. The van der Waals surface area contributed by atoms with E-state index in [0.717, 1.165) is 17.7 Å². The van der Waals surface area contributed by atoms with Crippen molar-refractivity contribution in [2.24, 2.45) is 0 Å². The third kappa shape index (κ3) is 4.62. The summed E-state index contributed by atoms with van der Waals surface area (Å²) in [6, 6.07) is 5.62. The standard InChI is InChI=1S/C20H26N2O3/c1-22-17-13-16(7-8-18(17)25-12-10-20(22)24)14-19(23)21-11-9-15-5-3-2-4-6-15/h5,7-8,13H,2-4,6,9-12,14H2,1H3,(H,21,23). The second-order valence-electron chi connectivity index (χ2n) is 6.74. The van der Waals surface area contributed by atoms with E-state index in [1.165, 1.54) is 31.3 Å². The molecule has 0 radical (unpaired) electrons. The molecule has 0 unspecified atom stereocenters. The van der Waals surface area contributed by atoms with E-state index < -0.39 is 0 Å². The summed E-state index contributed by atoms with van der Waals surface area (Å²) in [4.78, 5) is 25.8. The highest BCUT2D eigenvalue weighted by molar-refractivity contribution is 5.95. The van der Waals surface area contributed by atoms with Crippen LogP contribution in [0.15, 0.2) is 29.8 Å². The molecule has 0 saturated heterocycles. The maximum Gasteiger partial charge on any atom is 0.230 e. The van der Waals surface area contributed by atoms with Crippen LogP contribution in [0.1, 0.15) is 44.1 Å². The summed E-state index contributed by atoms with van der Waals surface area (Å²) in [5.74, 6) is 0.739. The summed E-state index contributed by atoms with van der Waals surface area (Å²) in [6.45, 7) is 1.09. The Morgan fingerprint density at radius 1 is 1.28 bits per heavy atom. The van der Waals surface area contributed by atoms with Crippen molar-refractivity contribution in [1.29, 1.82) is 0 Å². The first-order chi connectivity index (χ1) is 12.1. The molecule has 0 atom stereocenters. The van der Waals surface area contributed by atoms with Gasteiger partial charge in [-0.05, 0) is 49.8 Å². The average Bonchev–Trinajstić information content (AvgIpc) is 2.75. The van der Waals surface area contributed by atoms with Crippen LogP contribution < -0.4 is 15.0 Å². The van der Waals surface area contributed by atoms with Gasteiger partial charge in [0.05, 0.1) is 25.1 Å². The molecule has 1 N–H and O–H groups in total. The largest absolute Gasteiger partial charge is 0.491 e. The summed E-state index contributed by atoms with van der Waals surface area (Å²) >= 11 is 0. The normalized spacial score (nSPS) is 17.2. The van der Waals surface area contributed by atoms with Gasteiger partial charge in [-0.2, -0.15) is 0 Å². The SMILES string of the molecule is CN1C(=O)CCOc2ccc(CC(=O)NCCC3=CCCCC3)cc21. The molecule has 0 saturated carbocycles. The van der Waals surface area contributed by atoms with Gasteiger partial charge in [-0.1, -0.05) is 17.7 Å². The number of carbonyl (C=O) groups excluding carboxylic acids is 2. The molecule has 5 heteroatoms. The number of nitrogens with one attached hydrogen (secondary N) is 1. The molecule has 0 fully saturated rings. The molecule has 5 nitrogen and oxygen atoms in total. The number of rotatable bonds is 5. The first-order valence-electron chi connectivity index (χ1n) is 9.10. The van der Waals surface area contributed by atoms with E-state index >= 15 is 0 Å². The van der Waals surface area contributed by atoms with Crippen LogP contribution >= 0.6 is 0 Å². The molecule has 2 amide bonds. The Morgan fingerprint density at radius 2 is 2.16 bits per heavy atom. The van der Waals surface area contributed by atoms with Gasteiger partial charge in [0.2, 0.25) is 11.8 Å². The third-order valence-electron chi connectivity index (χ3n) is 4.85. The highest BCUT2D eigenvalue weighted by atomic mass is 16.5. The lowest BCUT2D eigenvalue weighted by Crippen LogP contribution is -2.27. The van der Waals surface area contributed by atoms with Gasteiger partial charge in [0, 0.05) is 13.6 Å². The Labute approximate surface area is 149 Å². The van der Waals surface area contributed by atoms with Crippen molar-refractivity contribution in [3.8, 4) is 5.75 Å². The van der Waals surface area contributed by atoms with E-state index in [-0.39, 0.29) is 11.8 Å². The van der Waals surface area contributed by atoms with Crippen molar-refractivity contribution in [3.05, 3.63) is 35.4 Å². The fourth-order valence-corrected chi connectivity index (χ4v) is 3.35. The number of ether oxygens (including phenoxy) is 1.